The second-order valence-electron chi connectivity index (χ2n) is 5.38. The number of nitrogen functional groups attached to an aromatic ring is 1. The number of anilines is 2. The molecule has 0 aliphatic rings. The number of carbonyl (C=O) groups excluding carboxylic acids is 1. The molecule has 0 fully saturated rings. The van der Waals surface area contributed by atoms with E-state index in [1.54, 1.807) is 18.2 Å². The van der Waals surface area contributed by atoms with Crippen molar-refractivity contribution in [1.29, 1.82) is 0 Å². The average Bonchev–Trinajstić information content (AvgIpc) is 2.29. The first-order chi connectivity index (χ1) is 9.19. The highest BCUT2D eigenvalue weighted by molar-refractivity contribution is 7.91. The third-order valence-electron chi connectivity index (χ3n) is 2.75. The summed E-state index contributed by atoms with van der Waals surface area (Å²) in [6, 6.07) is 5.16. The van der Waals surface area contributed by atoms with Crippen LogP contribution in [0.2, 0.25) is 0 Å². The Morgan fingerprint density at radius 3 is 2.55 bits per heavy atom. The summed E-state index contributed by atoms with van der Waals surface area (Å²) < 4.78 is 23.4. The molecular weight excluding hydrogens is 276 g/mol. The summed E-state index contributed by atoms with van der Waals surface area (Å²) in [4.78, 5) is 11.8. The summed E-state index contributed by atoms with van der Waals surface area (Å²) in [6.07, 6.45) is -0.0289. The minimum Gasteiger partial charge on any atom is -0.399 e. The molecule has 0 unspecified atom stereocenters. The van der Waals surface area contributed by atoms with Crippen molar-refractivity contribution in [3.63, 3.8) is 0 Å². The van der Waals surface area contributed by atoms with Gasteiger partial charge in [-0.15, -0.1) is 0 Å². The largest absolute Gasteiger partial charge is 0.399 e. The molecule has 0 spiro atoms. The maximum Gasteiger partial charge on any atom is 0.225 e. The zero-order valence-electron chi connectivity index (χ0n) is 12.1. The molecule has 1 aromatic carbocycles. The highest BCUT2D eigenvalue weighted by atomic mass is 32.2. The van der Waals surface area contributed by atoms with Crippen molar-refractivity contribution in [2.24, 2.45) is 5.92 Å². The molecule has 0 saturated carbocycles. The van der Waals surface area contributed by atoms with Crippen LogP contribution in [-0.4, -0.2) is 25.8 Å². The van der Waals surface area contributed by atoms with E-state index < -0.39 is 9.84 Å². The fourth-order valence-electron chi connectivity index (χ4n) is 1.88. The Hall–Kier alpha value is -1.56. The van der Waals surface area contributed by atoms with Crippen LogP contribution < -0.4 is 11.1 Å². The normalized spacial score (nSPS) is 11.6. The maximum atomic E-state index is 11.8. The molecule has 6 heteroatoms. The minimum absolute atomic E-state index is 0.0289. The molecule has 1 aromatic rings. The van der Waals surface area contributed by atoms with Crippen LogP contribution in [0.5, 0.6) is 0 Å². The van der Waals surface area contributed by atoms with Gasteiger partial charge in [-0.1, -0.05) is 13.8 Å². The molecule has 0 radical (unpaired) electrons. The van der Waals surface area contributed by atoms with Gasteiger partial charge in [0.05, 0.1) is 11.5 Å². The van der Waals surface area contributed by atoms with Gasteiger partial charge >= 0.3 is 0 Å². The van der Waals surface area contributed by atoms with Crippen LogP contribution in [0.3, 0.4) is 0 Å². The number of benzene rings is 1. The Labute approximate surface area is 120 Å². The first-order valence-electron chi connectivity index (χ1n) is 6.56. The van der Waals surface area contributed by atoms with Gasteiger partial charge in [0, 0.05) is 17.8 Å². The summed E-state index contributed by atoms with van der Waals surface area (Å²) in [5.41, 5.74) is 7.76. The summed E-state index contributed by atoms with van der Waals surface area (Å²) in [7, 11) is -3.17. The number of hydrogen-bond acceptors (Lipinski definition) is 4. The Morgan fingerprint density at radius 1 is 1.35 bits per heavy atom. The number of amides is 1. The lowest BCUT2D eigenvalue weighted by Gasteiger charge is -2.10. The summed E-state index contributed by atoms with van der Waals surface area (Å²) in [6.45, 7) is 5.52. The van der Waals surface area contributed by atoms with Crippen molar-refractivity contribution in [2.45, 2.75) is 27.2 Å². The van der Waals surface area contributed by atoms with Gasteiger partial charge in [-0.25, -0.2) is 8.42 Å². The molecule has 0 aliphatic carbocycles. The van der Waals surface area contributed by atoms with E-state index in [1.165, 1.54) is 0 Å². The van der Waals surface area contributed by atoms with Crippen molar-refractivity contribution >= 4 is 27.1 Å². The van der Waals surface area contributed by atoms with Gasteiger partial charge in [-0.2, -0.15) is 0 Å². The highest BCUT2D eigenvalue weighted by Gasteiger charge is 2.15. The van der Waals surface area contributed by atoms with Gasteiger partial charge in [-0.05, 0) is 36.6 Å². The number of hydrogen-bond donors (Lipinski definition) is 2. The minimum atomic E-state index is -3.17. The van der Waals surface area contributed by atoms with Crippen molar-refractivity contribution in [3.05, 3.63) is 23.8 Å². The Bertz CT molecular complexity index is 580. The molecule has 112 valence electrons. The predicted octanol–water partition coefficient (Wildman–Crippen LogP) is 1.98. The molecule has 20 heavy (non-hydrogen) atoms. The zero-order chi connectivity index (χ0) is 15.3. The SMILES string of the molecule is Cc1cc(N)ccc1NC(=O)CCS(=O)(=O)CC(C)C. The standard InChI is InChI=1S/C14H22N2O3S/c1-10(2)9-20(18,19)7-6-14(17)16-13-5-4-12(15)8-11(13)3/h4-5,8,10H,6-7,9,15H2,1-3H3,(H,16,17). The summed E-state index contributed by atoms with van der Waals surface area (Å²) in [5, 5.41) is 2.70. The fourth-order valence-corrected chi connectivity index (χ4v) is 3.56. The van der Waals surface area contributed by atoms with E-state index in [0.717, 1.165) is 5.56 Å². The third kappa shape index (κ3) is 5.61. The molecule has 5 nitrogen and oxygen atoms in total. The molecule has 0 bridgehead atoms. The van der Waals surface area contributed by atoms with E-state index in [9.17, 15) is 13.2 Å². The number of aryl methyl sites for hydroxylation is 1. The number of sulfone groups is 1. The number of nitrogens with two attached hydrogens (primary N) is 1. The van der Waals surface area contributed by atoms with E-state index in [-0.39, 0.29) is 29.8 Å². The van der Waals surface area contributed by atoms with Crippen molar-refractivity contribution < 1.29 is 13.2 Å². The second-order valence-corrected chi connectivity index (χ2v) is 7.61. The summed E-state index contributed by atoms with van der Waals surface area (Å²) >= 11 is 0. The van der Waals surface area contributed by atoms with Crippen LogP contribution >= 0.6 is 0 Å². The van der Waals surface area contributed by atoms with Crippen LogP contribution in [0.4, 0.5) is 11.4 Å². The topological polar surface area (TPSA) is 89.3 Å². The monoisotopic (exact) mass is 298 g/mol. The smallest absolute Gasteiger partial charge is 0.225 e. The van der Waals surface area contributed by atoms with Crippen LogP contribution in [0, 0.1) is 12.8 Å². The van der Waals surface area contributed by atoms with Gasteiger partial charge in [-0.3, -0.25) is 4.79 Å². The Balaban J connectivity index is 2.56. The Kier molecular flexibility index (Phi) is 5.56. The van der Waals surface area contributed by atoms with Gasteiger partial charge in [0.1, 0.15) is 0 Å². The van der Waals surface area contributed by atoms with Crippen LogP contribution in [0.1, 0.15) is 25.8 Å². The molecular formula is C14H22N2O3S. The van der Waals surface area contributed by atoms with E-state index >= 15 is 0 Å². The second kappa shape index (κ2) is 6.74. The maximum absolute atomic E-state index is 11.8. The van der Waals surface area contributed by atoms with Crippen molar-refractivity contribution in [1.82, 2.24) is 0 Å². The van der Waals surface area contributed by atoms with Crippen molar-refractivity contribution in [3.8, 4) is 0 Å². The first-order valence-corrected chi connectivity index (χ1v) is 8.38. The van der Waals surface area contributed by atoms with Crippen molar-refractivity contribution in [2.75, 3.05) is 22.6 Å². The van der Waals surface area contributed by atoms with E-state index in [1.807, 2.05) is 20.8 Å². The molecule has 1 amide bonds. The van der Waals surface area contributed by atoms with E-state index in [4.69, 9.17) is 5.73 Å². The molecule has 0 atom stereocenters. The number of nitrogens with one attached hydrogen (secondary N) is 1. The van der Waals surface area contributed by atoms with Gasteiger partial charge < -0.3 is 11.1 Å². The lowest BCUT2D eigenvalue weighted by atomic mass is 10.2. The third-order valence-corrected chi connectivity index (χ3v) is 4.75. The fraction of sp³-hybridized carbons (Fsp3) is 0.500. The molecule has 1 rings (SSSR count). The van der Waals surface area contributed by atoms with E-state index in [0.29, 0.717) is 11.4 Å². The average molecular weight is 298 g/mol. The highest BCUT2D eigenvalue weighted by Crippen LogP contribution is 2.17. The molecule has 3 N–H and O–H groups in total. The van der Waals surface area contributed by atoms with Gasteiger partial charge in [0.2, 0.25) is 5.91 Å². The molecule has 0 saturated heterocycles. The van der Waals surface area contributed by atoms with Gasteiger partial charge in [0.25, 0.3) is 0 Å². The molecule has 0 aromatic heterocycles. The van der Waals surface area contributed by atoms with Gasteiger partial charge in [0.15, 0.2) is 9.84 Å². The lowest BCUT2D eigenvalue weighted by molar-refractivity contribution is -0.115. The van der Waals surface area contributed by atoms with E-state index in [2.05, 4.69) is 5.32 Å². The quantitative estimate of drug-likeness (QED) is 0.786. The lowest BCUT2D eigenvalue weighted by Crippen LogP contribution is -2.21. The molecule has 0 aliphatic heterocycles. The van der Waals surface area contributed by atoms with Crippen LogP contribution in [0.25, 0.3) is 0 Å². The predicted molar refractivity (Wildman–Crippen MR) is 82.3 cm³/mol. The number of rotatable bonds is 6. The first kappa shape index (κ1) is 16.5. The zero-order valence-corrected chi connectivity index (χ0v) is 13.0. The van der Waals surface area contributed by atoms with Crippen LogP contribution in [-0.2, 0) is 14.6 Å². The Morgan fingerprint density at radius 2 is 2.00 bits per heavy atom. The summed E-state index contributed by atoms with van der Waals surface area (Å²) in [5.74, 6) is -0.237. The molecule has 0 heterocycles. The number of carbonyl (C=O) groups is 1. The van der Waals surface area contributed by atoms with Crippen LogP contribution in [0.15, 0.2) is 18.2 Å².